The Morgan fingerprint density at radius 2 is 2.16 bits per heavy atom. The van der Waals surface area contributed by atoms with E-state index in [0.717, 1.165) is 47.0 Å². The highest BCUT2D eigenvalue weighted by molar-refractivity contribution is 5.99. The molecule has 102 valence electrons. The van der Waals surface area contributed by atoms with Crippen LogP contribution in [-0.4, -0.2) is 17.0 Å². The van der Waals surface area contributed by atoms with Crippen LogP contribution in [0.3, 0.4) is 0 Å². The van der Waals surface area contributed by atoms with Gasteiger partial charge in [0.25, 0.3) is 0 Å². The monoisotopic (exact) mass is 259 g/mol. The maximum absolute atomic E-state index is 11.2. The van der Waals surface area contributed by atoms with Crippen LogP contribution < -0.4 is 4.74 Å². The van der Waals surface area contributed by atoms with E-state index < -0.39 is 0 Å². The van der Waals surface area contributed by atoms with Crippen LogP contribution in [0.15, 0.2) is 18.2 Å². The van der Waals surface area contributed by atoms with Crippen LogP contribution in [0.5, 0.6) is 5.75 Å². The summed E-state index contributed by atoms with van der Waals surface area (Å²) in [5, 5.41) is 0.969. The fourth-order valence-corrected chi connectivity index (χ4v) is 2.50. The first kappa shape index (κ1) is 13.7. The molecule has 1 aromatic carbocycles. The van der Waals surface area contributed by atoms with Gasteiger partial charge in [-0.3, -0.25) is 4.79 Å². The quantitative estimate of drug-likeness (QED) is 0.763. The van der Waals surface area contributed by atoms with Crippen LogP contribution in [0.4, 0.5) is 0 Å². The lowest BCUT2D eigenvalue weighted by atomic mass is 10.1. The first-order valence-corrected chi connectivity index (χ1v) is 6.79. The highest BCUT2D eigenvalue weighted by atomic mass is 16.5. The third-order valence-corrected chi connectivity index (χ3v) is 3.66. The van der Waals surface area contributed by atoms with Crippen molar-refractivity contribution in [2.75, 3.05) is 0 Å². The van der Waals surface area contributed by atoms with Crippen LogP contribution in [-0.2, 0) is 7.05 Å². The Hall–Kier alpha value is -1.77. The van der Waals surface area contributed by atoms with E-state index in [0.29, 0.717) is 0 Å². The molecule has 0 N–H and O–H groups in total. The van der Waals surface area contributed by atoms with Gasteiger partial charge in [0, 0.05) is 29.2 Å². The molecule has 2 rings (SSSR count). The van der Waals surface area contributed by atoms with Gasteiger partial charge in [0.1, 0.15) is 5.75 Å². The number of benzene rings is 1. The number of carbonyl (C=O) groups excluding carboxylic acids is 1. The van der Waals surface area contributed by atoms with Crippen LogP contribution in [0, 0.1) is 6.92 Å². The van der Waals surface area contributed by atoms with Crippen molar-refractivity contribution in [3.05, 3.63) is 29.5 Å². The summed E-state index contributed by atoms with van der Waals surface area (Å²) in [6, 6.07) is 5.96. The molecule has 0 aliphatic rings. The second-order valence-electron chi connectivity index (χ2n) is 5.07. The van der Waals surface area contributed by atoms with Crippen LogP contribution in [0.25, 0.3) is 10.9 Å². The molecule has 0 aliphatic heterocycles. The van der Waals surface area contributed by atoms with E-state index in [1.807, 2.05) is 36.7 Å². The van der Waals surface area contributed by atoms with Gasteiger partial charge in [0.15, 0.2) is 6.29 Å². The number of carbonyl (C=O) groups is 1. The van der Waals surface area contributed by atoms with E-state index in [9.17, 15) is 4.79 Å². The standard InChI is InChI=1S/C16H21NO2/c1-5-6-11(2)19-13-7-8-16-14(9-13)15(10-18)12(3)17(16)4/h7-11H,5-6H2,1-4H3/t11-/m0/s1. The second-order valence-corrected chi connectivity index (χ2v) is 5.07. The molecule has 0 saturated carbocycles. The lowest BCUT2D eigenvalue weighted by molar-refractivity contribution is 0.112. The van der Waals surface area contributed by atoms with Crippen molar-refractivity contribution in [2.24, 2.45) is 7.05 Å². The number of aryl methyl sites for hydroxylation is 1. The number of hydrogen-bond donors (Lipinski definition) is 0. The fraction of sp³-hybridized carbons (Fsp3) is 0.438. The Labute approximate surface area is 114 Å². The van der Waals surface area contributed by atoms with Gasteiger partial charge in [-0.2, -0.15) is 0 Å². The Bertz CT molecular complexity index is 598. The minimum absolute atomic E-state index is 0.201. The van der Waals surface area contributed by atoms with Gasteiger partial charge < -0.3 is 9.30 Å². The van der Waals surface area contributed by atoms with Gasteiger partial charge in [-0.05, 0) is 38.5 Å². The minimum atomic E-state index is 0.201. The number of fused-ring (bicyclic) bond motifs is 1. The molecule has 0 fully saturated rings. The summed E-state index contributed by atoms with van der Waals surface area (Å²) in [4.78, 5) is 11.2. The minimum Gasteiger partial charge on any atom is -0.491 e. The van der Waals surface area contributed by atoms with Gasteiger partial charge in [0.05, 0.1) is 6.10 Å². The molecule has 0 amide bonds. The molecule has 1 aromatic heterocycles. The molecule has 1 atom stereocenters. The number of aldehydes is 1. The van der Waals surface area contributed by atoms with Crippen molar-refractivity contribution in [1.82, 2.24) is 4.57 Å². The SMILES string of the molecule is CCC[C@H](C)Oc1ccc2c(c1)c(C=O)c(C)n2C. The number of nitrogens with zero attached hydrogens (tertiary/aromatic N) is 1. The summed E-state index contributed by atoms with van der Waals surface area (Å²) in [6.45, 7) is 6.18. The molecule has 0 unspecified atom stereocenters. The molecule has 0 spiro atoms. The molecular formula is C16H21NO2. The molecule has 0 bridgehead atoms. The van der Waals surface area contributed by atoms with Gasteiger partial charge in [-0.1, -0.05) is 13.3 Å². The van der Waals surface area contributed by atoms with Gasteiger partial charge in [-0.25, -0.2) is 0 Å². The molecule has 1 heterocycles. The Morgan fingerprint density at radius 1 is 1.42 bits per heavy atom. The van der Waals surface area contributed by atoms with E-state index in [1.165, 1.54) is 0 Å². The maximum atomic E-state index is 11.2. The van der Waals surface area contributed by atoms with Crippen LogP contribution in [0.2, 0.25) is 0 Å². The summed E-state index contributed by atoms with van der Waals surface area (Å²) in [5.74, 6) is 0.835. The molecule has 2 aromatic rings. The van der Waals surface area contributed by atoms with Gasteiger partial charge >= 0.3 is 0 Å². The Balaban J connectivity index is 2.42. The lowest BCUT2D eigenvalue weighted by Crippen LogP contribution is -2.10. The second kappa shape index (κ2) is 5.47. The first-order chi connectivity index (χ1) is 9.08. The molecule has 3 heteroatoms. The Kier molecular flexibility index (Phi) is 3.93. The zero-order valence-corrected chi connectivity index (χ0v) is 12.1. The van der Waals surface area contributed by atoms with Gasteiger partial charge in [0.2, 0.25) is 0 Å². The summed E-state index contributed by atoms with van der Waals surface area (Å²) < 4.78 is 7.93. The number of hydrogen-bond acceptors (Lipinski definition) is 2. The summed E-state index contributed by atoms with van der Waals surface area (Å²) >= 11 is 0. The summed E-state index contributed by atoms with van der Waals surface area (Å²) in [5.41, 5.74) is 2.81. The highest BCUT2D eigenvalue weighted by Gasteiger charge is 2.12. The molecular weight excluding hydrogens is 238 g/mol. The average Bonchev–Trinajstić information content (AvgIpc) is 2.61. The average molecular weight is 259 g/mol. The third kappa shape index (κ3) is 2.50. The maximum Gasteiger partial charge on any atom is 0.152 e. The smallest absolute Gasteiger partial charge is 0.152 e. The fourth-order valence-electron chi connectivity index (χ4n) is 2.50. The zero-order valence-electron chi connectivity index (χ0n) is 12.1. The van der Waals surface area contributed by atoms with E-state index in [-0.39, 0.29) is 6.10 Å². The third-order valence-electron chi connectivity index (χ3n) is 3.66. The topological polar surface area (TPSA) is 31.2 Å². The van der Waals surface area contributed by atoms with E-state index in [1.54, 1.807) is 0 Å². The van der Waals surface area contributed by atoms with Gasteiger partial charge in [-0.15, -0.1) is 0 Å². The Morgan fingerprint density at radius 3 is 2.79 bits per heavy atom. The predicted octanol–water partition coefficient (Wildman–Crippen LogP) is 3.87. The van der Waals surface area contributed by atoms with Crippen molar-refractivity contribution < 1.29 is 9.53 Å². The largest absolute Gasteiger partial charge is 0.491 e. The van der Waals surface area contributed by atoms with Crippen LogP contribution in [0.1, 0.15) is 42.7 Å². The van der Waals surface area contributed by atoms with E-state index in [2.05, 4.69) is 13.8 Å². The molecule has 0 saturated heterocycles. The highest BCUT2D eigenvalue weighted by Crippen LogP contribution is 2.28. The van der Waals surface area contributed by atoms with Crippen molar-refractivity contribution in [3.63, 3.8) is 0 Å². The lowest BCUT2D eigenvalue weighted by Gasteiger charge is -2.13. The van der Waals surface area contributed by atoms with Crippen LogP contribution >= 0.6 is 0 Å². The normalized spacial score (nSPS) is 12.6. The van der Waals surface area contributed by atoms with Crippen molar-refractivity contribution in [3.8, 4) is 5.75 Å². The first-order valence-electron chi connectivity index (χ1n) is 6.79. The predicted molar refractivity (Wildman–Crippen MR) is 78.0 cm³/mol. The van der Waals surface area contributed by atoms with E-state index >= 15 is 0 Å². The number of rotatable bonds is 5. The molecule has 0 radical (unpaired) electrons. The summed E-state index contributed by atoms with van der Waals surface area (Å²) in [7, 11) is 1.98. The number of ether oxygens (including phenoxy) is 1. The summed E-state index contributed by atoms with van der Waals surface area (Å²) in [6.07, 6.45) is 3.27. The van der Waals surface area contributed by atoms with Crippen molar-refractivity contribution in [1.29, 1.82) is 0 Å². The molecule has 0 aliphatic carbocycles. The zero-order chi connectivity index (χ0) is 14.0. The molecule has 3 nitrogen and oxygen atoms in total. The number of aromatic nitrogens is 1. The molecule has 19 heavy (non-hydrogen) atoms. The van der Waals surface area contributed by atoms with Crippen molar-refractivity contribution in [2.45, 2.75) is 39.7 Å². The van der Waals surface area contributed by atoms with E-state index in [4.69, 9.17) is 4.74 Å². The van der Waals surface area contributed by atoms with Crippen molar-refractivity contribution >= 4 is 17.2 Å².